The van der Waals surface area contributed by atoms with Gasteiger partial charge in [0.15, 0.2) is 0 Å². The van der Waals surface area contributed by atoms with Crippen molar-refractivity contribution in [3.8, 4) is 0 Å². The van der Waals surface area contributed by atoms with Gasteiger partial charge >= 0.3 is 0 Å². The van der Waals surface area contributed by atoms with E-state index in [2.05, 4.69) is 4.36 Å². The summed E-state index contributed by atoms with van der Waals surface area (Å²) in [5.41, 5.74) is 1.56. The molecule has 0 saturated carbocycles. The topological polar surface area (TPSA) is 54.7 Å². The third-order valence-corrected chi connectivity index (χ3v) is 7.95. The van der Waals surface area contributed by atoms with Crippen LogP contribution in [0.3, 0.4) is 0 Å². The van der Waals surface area contributed by atoms with Crippen molar-refractivity contribution in [1.82, 2.24) is 9.47 Å². The predicted octanol–water partition coefficient (Wildman–Crippen LogP) is 2.20. The number of carbonyl (C=O) groups excluding carboxylic acids is 1. The molecule has 1 aromatic rings. The lowest BCUT2D eigenvalue weighted by molar-refractivity contribution is 0.0599. The molecule has 2 aliphatic rings. The Kier molecular flexibility index (Phi) is 3.83. The van der Waals surface area contributed by atoms with Gasteiger partial charge in [0, 0.05) is 41.8 Å². The number of aryl methyl sites for hydroxylation is 1. The molecule has 2 saturated heterocycles. The van der Waals surface area contributed by atoms with Gasteiger partial charge in [-0.15, -0.1) is 0 Å². The fourth-order valence-corrected chi connectivity index (χ4v) is 6.31. The number of nitrogens with zero attached hydrogens (tertiary/aromatic N) is 3. The first-order valence-electron chi connectivity index (χ1n) is 7.96. The summed E-state index contributed by atoms with van der Waals surface area (Å²) in [6.45, 7) is 2.77. The number of likely N-dealkylation sites (tertiary alicyclic amines) is 1. The largest absolute Gasteiger partial charge is 0.344 e. The zero-order valence-corrected chi connectivity index (χ0v) is 14.5. The van der Waals surface area contributed by atoms with Crippen molar-refractivity contribution in [3.05, 3.63) is 23.5 Å². The molecule has 22 heavy (non-hydrogen) atoms. The van der Waals surface area contributed by atoms with Gasteiger partial charge in [0.2, 0.25) is 0 Å². The van der Waals surface area contributed by atoms with Crippen LogP contribution in [0.5, 0.6) is 0 Å². The molecule has 2 unspecified atom stereocenters. The van der Waals surface area contributed by atoms with Crippen molar-refractivity contribution < 1.29 is 9.00 Å². The number of amides is 1. The minimum absolute atomic E-state index is 0.0767. The summed E-state index contributed by atoms with van der Waals surface area (Å²) in [6, 6.07) is 3.87. The number of hydrogen-bond acceptors (Lipinski definition) is 3. The second-order valence-corrected chi connectivity index (χ2v) is 9.22. The molecule has 0 radical (unpaired) electrons. The molecule has 1 aromatic heterocycles. The lowest BCUT2D eigenvalue weighted by Gasteiger charge is -2.42. The van der Waals surface area contributed by atoms with Crippen molar-refractivity contribution in [1.29, 1.82) is 0 Å². The van der Waals surface area contributed by atoms with Gasteiger partial charge in [-0.05, 0) is 44.7 Å². The van der Waals surface area contributed by atoms with Gasteiger partial charge in [-0.1, -0.05) is 0 Å². The van der Waals surface area contributed by atoms with Crippen LogP contribution in [-0.4, -0.2) is 50.2 Å². The van der Waals surface area contributed by atoms with E-state index in [9.17, 15) is 9.00 Å². The van der Waals surface area contributed by atoms with Crippen molar-refractivity contribution in [3.63, 3.8) is 0 Å². The average molecular weight is 323 g/mol. The van der Waals surface area contributed by atoms with Crippen LogP contribution in [0, 0.1) is 6.92 Å². The van der Waals surface area contributed by atoms with Crippen molar-refractivity contribution in [2.75, 3.05) is 25.1 Å². The second kappa shape index (κ2) is 5.41. The Balaban J connectivity index is 1.95. The second-order valence-electron chi connectivity index (χ2n) is 6.61. The van der Waals surface area contributed by atoms with Gasteiger partial charge in [0.25, 0.3) is 5.91 Å². The van der Waals surface area contributed by atoms with Crippen LogP contribution in [0.1, 0.15) is 41.9 Å². The maximum atomic E-state index is 13.0. The molecule has 2 aliphatic heterocycles. The lowest BCUT2D eigenvalue weighted by Crippen LogP contribution is -2.54. The molecule has 3 rings (SSSR count). The van der Waals surface area contributed by atoms with E-state index in [0.717, 1.165) is 43.6 Å². The van der Waals surface area contributed by atoms with E-state index in [1.165, 1.54) is 0 Å². The van der Waals surface area contributed by atoms with Gasteiger partial charge in [0.05, 0.1) is 11.3 Å². The summed E-state index contributed by atoms with van der Waals surface area (Å²) in [4.78, 5) is 15.0. The van der Waals surface area contributed by atoms with Gasteiger partial charge in [-0.2, -0.15) is 0 Å². The molecule has 5 nitrogen and oxygen atoms in total. The Labute approximate surface area is 132 Å². The zero-order chi connectivity index (χ0) is 16.0. The molecule has 0 bridgehead atoms. The first-order valence-corrected chi connectivity index (χ1v) is 9.81. The normalized spacial score (nSPS) is 31.7. The first-order chi connectivity index (χ1) is 10.4. The summed E-state index contributed by atoms with van der Waals surface area (Å²) in [7, 11) is 1.43. The number of hydrogen-bond donors (Lipinski definition) is 0. The Hall–Kier alpha value is -1.30. The maximum absolute atomic E-state index is 13.0. The van der Waals surface area contributed by atoms with Crippen LogP contribution in [0.15, 0.2) is 16.5 Å². The summed E-state index contributed by atoms with van der Waals surface area (Å²) in [6.07, 6.45) is 3.80. The predicted molar refractivity (Wildman–Crippen MR) is 88.6 cm³/mol. The highest BCUT2D eigenvalue weighted by molar-refractivity contribution is 7.93. The van der Waals surface area contributed by atoms with Crippen molar-refractivity contribution in [2.45, 2.75) is 38.1 Å². The Morgan fingerprint density at radius 2 is 2.05 bits per heavy atom. The summed E-state index contributed by atoms with van der Waals surface area (Å²) < 4.78 is 18.9. The standard InChI is InChI=1S/C16H25N3O2S/c1-13-6-7-14(18(13)3)15(20)19-10-4-8-16(19)9-5-11-22(21,12-16)17-2/h6-7H,4-5,8-12H2,1-3H3. The Bertz CT molecular complexity index is 715. The molecular formula is C16H25N3O2S. The van der Waals surface area contributed by atoms with Crippen molar-refractivity contribution >= 4 is 15.6 Å². The highest BCUT2D eigenvalue weighted by atomic mass is 32.2. The molecule has 2 fully saturated rings. The fraction of sp³-hybridized carbons (Fsp3) is 0.688. The zero-order valence-electron chi connectivity index (χ0n) is 13.7. The molecule has 6 heteroatoms. The van der Waals surface area contributed by atoms with Crippen LogP contribution in [0.25, 0.3) is 0 Å². The highest BCUT2D eigenvalue weighted by Gasteiger charge is 2.48. The van der Waals surface area contributed by atoms with Gasteiger partial charge in [-0.25, -0.2) is 8.57 Å². The molecule has 0 aromatic carbocycles. The molecule has 1 amide bonds. The molecule has 0 N–H and O–H groups in total. The van der Waals surface area contributed by atoms with Crippen LogP contribution < -0.4 is 0 Å². The average Bonchev–Trinajstić information content (AvgIpc) is 3.03. The maximum Gasteiger partial charge on any atom is 0.270 e. The smallest absolute Gasteiger partial charge is 0.270 e. The number of carbonyl (C=O) groups is 1. The minimum Gasteiger partial charge on any atom is -0.344 e. The van der Waals surface area contributed by atoms with E-state index >= 15 is 0 Å². The van der Waals surface area contributed by atoms with Crippen LogP contribution in [0.4, 0.5) is 0 Å². The minimum atomic E-state index is -2.15. The van der Waals surface area contributed by atoms with Crippen LogP contribution >= 0.6 is 0 Å². The summed E-state index contributed by atoms with van der Waals surface area (Å²) in [5, 5.41) is 0. The summed E-state index contributed by atoms with van der Waals surface area (Å²) in [5.74, 6) is 1.30. The van der Waals surface area contributed by atoms with E-state index < -0.39 is 9.73 Å². The van der Waals surface area contributed by atoms with E-state index in [-0.39, 0.29) is 11.4 Å². The van der Waals surface area contributed by atoms with Crippen LogP contribution in [-0.2, 0) is 16.8 Å². The van der Waals surface area contributed by atoms with Gasteiger partial charge in [-0.3, -0.25) is 4.79 Å². The molecule has 1 spiro atoms. The molecular weight excluding hydrogens is 298 g/mol. The van der Waals surface area contributed by atoms with E-state index in [0.29, 0.717) is 11.5 Å². The summed E-state index contributed by atoms with van der Waals surface area (Å²) >= 11 is 0. The fourth-order valence-electron chi connectivity index (χ4n) is 3.98. The van der Waals surface area contributed by atoms with Gasteiger partial charge in [0.1, 0.15) is 5.69 Å². The molecule has 2 atom stereocenters. The Morgan fingerprint density at radius 1 is 1.32 bits per heavy atom. The molecule has 122 valence electrons. The number of rotatable bonds is 1. The SMILES string of the molecule is CN=S1(=O)CCCC2(CCCN2C(=O)c2ccc(C)n2C)C1. The molecule has 3 heterocycles. The third-order valence-electron chi connectivity index (χ3n) is 5.37. The first kappa shape index (κ1) is 15.6. The lowest BCUT2D eigenvalue weighted by atomic mass is 9.92. The van der Waals surface area contributed by atoms with E-state index in [4.69, 9.17) is 0 Å². The van der Waals surface area contributed by atoms with Crippen molar-refractivity contribution in [2.24, 2.45) is 11.4 Å². The van der Waals surface area contributed by atoms with Crippen LogP contribution in [0.2, 0.25) is 0 Å². The van der Waals surface area contributed by atoms with E-state index in [1.807, 2.05) is 35.6 Å². The van der Waals surface area contributed by atoms with E-state index in [1.54, 1.807) is 7.05 Å². The number of aromatic nitrogens is 1. The molecule has 0 aliphatic carbocycles. The third kappa shape index (κ3) is 2.37. The van der Waals surface area contributed by atoms with Gasteiger partial charge < -0.3 is 9.47 Å². The Morgan fingerprint density at radius 3 is 2.68 bits per heavy atom. The monoisotopic (exact) mass is 323 g/mol. The highest BCUT2D eigenvalue weighted by Crippen LogP contribution is 2.39. The quantitative estimate of drug-likeness (QED) is 0.795.